The van der Waals surface area contributed by atoms with Crippen LogP contribution >= 0.6 is 11.8 Å². The van der Waals surface area contributed by atoms with Crippen LogP contribution in [0.15, 0.2) is 29.3 Å². The maximum atomic E-state index is 14.4. The van der Waals surface area contributed by atoms with Crippen molar-refractivity contribution in [3.05, 3.63) is 35.4 Å². The molecule has 3 aliphatic heterocycles. The summed E-state index contributed by atoms with van der Waals surface area (Å²) in [5, 5.41) is 7.41. The molecule has 196 valence electrons. The van der Waals surface area contributed by atoms with E-state index >= 15 is 0 Å². The van der Waals surface area contributed by atoms with E-state index in [1.54, 1.807) is 23.9 Å². The van der Waals surface area contributed by atoms with Crippen LogP contribution in [0.5, 0.6) is 0 Å². The molecule has 0 aliphatic carbocycles. The lowest BCUT2D eigenvalue weighted by atomic mass is 10.00. The monoisotopic (exact) mass is 518 g/mol. The molecule has 0 saturated carbocycles. The van der Waals surface area contributed by atoms with Crippen LogP contribution in [0.25, 0.3) is 0 Å². The molecule has 3 heterocycles. The second kappa shape index (κ2) is 11.0. The Hall–Kier alpha value is -2.30. The van der Waals surface area contributed by atoms with Crippen molar-refractivity contribution in [2.75, 3.05) is 20.2 Å². The molecule has 4 rings (SSSR count). The third-order valence-electron chi connectivity index (χ3n) is 7.05. The van der Waals surface area contributed by atoms with Crippen LogP contribution < -0.4 is 10.6 Å². The van der Waals surface area contributed by atoms with Crippen LogP contribution in [-0.4, -0.2) is 83.4 Å². The van der Waals surface area contributed by atoms with Crippen LogP contribution in [0.1, 0.15) is 56.1 Å². The minimum atomic E-state index is -1.41. The zero-order valence-electron chi connectivity index (χ0n) is 21.4. The van der Waals surface area contributed by atoms with Crippen molar-refractivity contribution < 1.29 is 23.5 Å². The summed E-state index contributed by atoms with van der Waals surface area (Å²) in [6.45, 7) is 7.72. The second-order valence-electron chi connectivity index (χ2n) is 10.2. The first-order valence-electron chi connectivity index (χ1n) is 12.5. The maximum Gasteiger partial charge on any atom is 0.251 e. The fraction of sp³-hybridized carbons (Fsp3) is 0.615. The number of thioether (sulfide) groups is 1. The Morgan fingerprint density at radius 3 is 2.58 bits per heavy atom. The van der Waals surface area contributed by atoms with E-state index in [-0.39, 0.29) is 48.1 Å². The summed E-state index contributed by atoms with van der Waals surface area (Å²) in [4.78, 5) is 44.9. The van der Waals surface area contributed by atoms with Crippen molar-refractivity contribution in [1.82, 2.24) is 15.5 Å². The van der Waals surface area contributed by atoms with Gasteiger partial charge in [-0.25, -0.2) is 4.39 Å². The number of ether oxygens (including phenoxy) is 1. The lowest BCUT2D eigenvalue weighted by molar-refractivity contribution is -0.138. The van der Waals surface area contributed by atoms with Crippen LogP contribution in [0.2, 0.25) is 0 Å². The number of fused-ring (bicyclic) bond motifs is 1. The van der Waals surface area contributed by atoms with Gasteiger partial charge >= 0.3 is 0 Å². The number of carbonyl (C=O) groups is 3. The predicted molar refractivity (Wildman–Crippen MR) is 138 cm³/mol. The van der Waals surface area contributed by atoms with Crippen LogP contribution in [0.4, 0.5) is 4.39 Å². The Morgan fingerprint density at radius 2 is 1.94 bits per heavy atom. The van der Waals surface area contributed by atoms with E-state index in [1.807, 2.05) is 33.0 Å². The van der Waals surface area contributed by atoms with E-state index in [4.69, 9.17) is 9.73 Å². The summed E-state index contributed by atoms with van der Waals surface area (Å²) in [6, 6.07) is 5.71. The number of ketones is 1. The number of aliphatic imine (C=N–C) groups is 1. The average molecular weight is 519 g/mol. The van der Waals surface area contributed by atoms with Gasteiger partial charge in [-0.3, -0.25) is 19.4 Å². The molecule has 2 N–H and O–H groups in total. The third kappa shape index (κ3) is 5.35. The Morgan fingerprint density at radius 1 is 1.25 bits per heavy atom. The minimum absolute atomic E-state index is 0.0103. The first kappa shape index (κ1) is 26.8. The molecule has 1 aromatic rings. The van der Waals surface area contributed by atoms with E-state index in [0.717, 1.165) is 10.6 Å². The van der Waals surface area contributed by atoms with Crippen molar-refractivity contribution >= 4 is 34.4 Å². The summed E-state index contributed by atoms with van der Waals surface area (Å²) >= 11 is 1.75. The van der Waals surface area contributed by atoms with E-state index in [0.29, 0.717) is 12.0 Å². The van der Waals surface area contributed by atoms with Gasteiger partial charge in [-0.1, -0.05) is 32.9 Å². The molecule has 36 heavy (non-hydrogen) atoms. The van der Waals surface area contributed by atoms with Gasteiger partial charge in [0, 0.05) is 10.8 Å². The molecule has 0 radical (unpaired) electrons. The lowest BCUT2D eigenvalue weighted by Gasteiger charge is -2.28. The van der Waals surface area contributed by atoms with Crippen molar-refractivity contribution in [3.63, 3.8) is 0 Å². The van der Waals surface area contributed by atoms with E-state index in [2.05, 4.69) is 24.5 Å². The number of likely N-dealkylation sites (tertiary alicyclic amines) is 1. The van der Waals surface area contributed by atoms with Crippen molar-refractivity contribution in [2.24, 2.45) is 10.9 Å². The number of hydrogen-bond acceptors (Lipinski definition) is 7. The van der Waals surface area contributed by atoms with Crippen LogP contribution in [0, 0.1) is 5.92 Å². The molecule has 0 bridgehead atoms. The van der Waals surface area contributed by atoms with E-state index in [9.17, 15) is 18.8 Å². The summed E-state index contributed by atoms with van der Waals surface area (Å²) in [5.74, 6) is -1.03. The highest BCUT2D eigenvalue weighted by molar-refractivity contribution is 8.14. The Balaban J connectivity index is 1.47. The summed E-state index contributed by atoms with van der Waals surface area (Å²) < 4.78 is 19.7. The van der Waals surface area contributed by atoms with Gasteiger partial charge in [-0.15, -0.1) is 11.8 Å². The molecule has 1 aromatic carbocycles. The standard InChI is InChI=1S/C26H35FN4O4S/c1-13(2)10-19(26(34)31-11-18(27)23-22(31)20(32)12-35-23)29-24(33)17-8-6-16(7-9-17)21-15(4)36-25(30-21)14(3)28-5/h6-9,13-15,18-19,21-23,28H,10-12H2,1-5H3,(H,29,33)/t14-,15?,18-,19-,21?,22+,23+/m0/s1. The third-order valence-corrected chi connectivity index (χ3v) is 8.38. The molecule has 3 aliphatic rings. The number of carbonyl (C=O) groups excluding carboxylic acids is 3. The second-order valence-corrected chi connectivity index (χ2v) is 11.6. The van der Waals surface area contributed by atoms with Gasteiger partial charge in [-0.2, -0.15) is 0 Å². The van der Waals surface area contributed by atoms with Gasteiger partial charge in [0.2, 0.25) is 5.91 Å². The Labute approximate surface area is 215 Å². The smallest absolute Gasteiger partial charge is 0.251 e. The number of amides is 2. The van der Waals surface area contributed by atoms with Gasteiger partial charge in [0.1, 0.15) is 31.0 Å². The van der Waals surface area contributed by atoms with Crippen LogP contribution in [0.3, 0.4) is 0 Å². The highest BCUT2D eigenvalue weighted by Crippen LogP contribution is 2.38. The molecule has 0 aromatic heterocycles. The summed E-state index contributed by atoms with van der Waals surface area (Å²) in [7, 11) is 1.91. The van der Waals surface area contributed by atoms with Crippen molar-refractivity contribution in [3.8, 4) is 0 Å². The molecule has 2 amide bonds. The maximum absolute atomic E-state index is 14.4. The zero-order chi connectivity index (χ0) is 26.1. The number of rotatable bonds is 8. The lowest BCUT2D eigenvalue weighted by Crippen LogP contribution is -2.52. The van der Waals surface area contributed by atoms with Crippen molar-refractivity contribution in [1.29, 1.82) is 0 Å². The molecule has 8 nitrogen and oxygen atoms in total. The van der Waals surface area contributed by atoms with Gasteiger partial charge < -0.3 is 20.3 Å². The van der Waals surface area contributed by atoms with Crippen molar-refractivity contribution in [2.45, 2.75) is 75.8 Å². The minimum Gasteiger partial charge on any atom is -0.365 e. The van der Waals surface area contributed by atoms with Gasteiger partial charge in [0.05, 0.1) is 23.7 Å². The topological polar surface area (TPSA) is 100 Å². The highest BCUT2D eigenvalue weighted by atomic mass is 32.2. The first-order chi connectivity index (χ1) is 17.1. The molecule has 2 unspecified atom stereocenters. The summed E-state index contributed by atoms with van der Waals surface area (Å²) in [6.07, 6.45) is -1.95. The molecule has 2 saturated heterocycles. The predicted octanol–water partition coefficient (Wildman–Crippen LogP) is 2.53. The van der Waals surface area contributed by atoms with Crippen LogP contribution in [-0.2, 0) is 14.3 Å². The van der Waals surface area contributed by atoms with Gasteiger partial charge in [0.15, 0.2) is 5.78 Å². The van der Waals surface area contributed by atoms with Gasteiger partial charge in [0.25, 0.3) is 5.91 Å². The fourth-order valence-electron chi connectivity index (χ4n) is 5.00. The number of halogens is 1. The zero-order valence-corrected chi connectivity index (χ0v) is 22.2. The quantitative estimate of drug-likeness (QED) is 0.549. The van der Waals surface area contributed by atoms with Gasteiger partial charge in [-0.05, 0) is 44.0 Å². The number of benzene rings is 1. The highest BCUT2D eigenvalue weighted by Gasteiger charge is 2.53. The molecule has 7 atom stereocenters. The average Bonchev–Trinajstić information content (AvgIpc) is 3.53. The molecule has 0 spiro atoms. The number of nitrogens with zero attached hydrogens (tertiary/aromatic N) is 2. The Bertz CT molecular complexity index is 1030. The summed E-state index contributed by atoms with van der Waals surface area (Å²) in [5.41, 5.74) is 1.45. The normalized spacial score (nSPS) is 29.3. The number of nitrogens with one attached hydrogen (secondary N) is 2. The Kier molecular flexibility index (Phi) is 8.16. The first-order valence-corrected chi connectivity index (χ1v) is 13.4. The fourth-order valence-corrected chi connectivity index (χ4v) is 6.22. The SMILES string of the molecule is CN[C@@H](C)C1=NC(c2ccc(C(=O)N[C@@H](CC(C)C)C(=O)N3C[C@H](F)[C@H]4OCC(=O)[C@H]43)cc2)C(C)S1. The molecule has 2 fully saturated rings. The molecule has 10 heteroatoms. The van der Waals surface area contributed by atoms with E-state index in [1.165, 1.54) is 4.90 Å². The number of alkyl halides is 1. The number of Topliss-reactive ketones (excluding diaryl/α,β-unsaturated/α-hetero) is 1. The molecular weight excluding hydrogens is 483 g/mol. The largest absolute Gasteiger partial charge is 0.365 e. The van der Waals surface area contributed by atoms with E-state index < -0.39 is 30.3 Å². The number of hydrogen-bond donors (Lipinski definition) is 2. The molecular formula is C26H35FN4O4S.